The lowest BCUT2D eigenvalue weighted by atomic mass is 9.70. The minimum atomic E-state index is -0.383. The van der Waals surface area contributed by atoms with Gasteiger partial charge >= 0.3 is 0 Å². The van der Waals surface area contributed by atoms with Crippen molar-refractivity contribution in [2.24, 2.45) is 0 Å². The predicted octanol–water partition coefficient (Wildman–Crippen LogP) is 12.5. The molecule has 0 aliphatic heterocycles. The number of nitrogens with one attached hydrogen (secondary N) is 1. The molecular formula is C47H29NO. The van der Waals surface area contributed by atoms with Gasteiger partial charge in [0.25, 0.3) is 0 Å². The van der Waals surface area contributed by atoms with Gasteiger partial charge in [0.05, 0.1) is 11.1 Å². The van der Waals surface area contributed by atoms with Gasteiger partial charge in [-0.15, -0.1) is 0 Å². The summed E-state index contributed by atoms with van der Waals surface area (Å²) in [7, 11) is 0. The van der Waals surface area contributed by atoms with E-state index in [2.05, 4.69) is 175 Å². The minimum Gasteiger partial charge on any atom is -0.453 e. The fraction of sp³-hybridized carbons (Fsp3) is 0.0213. The molecule has 1 heterocycles. The molecule has 0 bridgehead atoms. The van der Waals surface area contributed by atoms with Crippen LogP contribution in [0.25, 0.3) is 66.1 Å². The van der Waals surface area contributed by atoms with Gasteiger partial charge in [-0.1, -0.05) is 146 Å². The summed E-state index contributed by atoms with van der Waals surface area (Å²) in [5.41, 5.74) is 16.2. The third kappa shape index (κ3) is 3.50. The Kier molecular flexibility index (Phi) is 5.34. The van der Waals surface area contributed by atoms with E-state index in [0.717, 1.165) is 44.4 Å². The topological polar surface area (TPSA) is 25.2 Å². The molecule has 2 nitrogen and oxygen atoms in total. The quantitative estimate of drug-likeness (QED) is 0.212. The second kappa shape index (κ2) is 9.82. The highest BCUT2D eigenvalue weighted by Crippen LogP contribution is 2.63. The molecule has 0 amide bonds. The van der Waals surface area contributed by atoms with Gasteiger partial charge in [-0.05, 0) is 85.1 Å². The van der Waals surface area contributed by atoms with E-state index in [1.54, 1.807) is 0 Å². The van der Waals surface area contributed by atoms with Crippen molar-refractivity contribution >= 4 is 44.1 Å². The fourth-order valence-electron chi connectivity index (χ4n) is 8.91. The number of hydrogen-bond acceptors (Lipinski definition) is 2. The van der Waals surface area contributed by atoms with E-state index in [4.69, 9.17) is 4.42 Å². The molecule has 0 atom stereocenters. The van der Waals surface area contributed by atoms with Crippen LogP contribution in [0.5, 0.6) is 0 Å². The van der Waals surface area contributed by atoms with E-state index in [-0.39, 0.29) is 5.41 Å². The van der Waals surface area contributed by atoms with E-state index in [1.807, 2.05) is 0 Å². The summed E-state index contributed by atoms with van der Waals surface area (Å²) in [6.45, 7) is 0. The van der Waals surface area contributed by atoms with E-state index >= 15 is 0 Å². The van der Waals surface area contributed by atoms with Gasteiger partial charge in [0.2, 0.25) is 0 Å². The zero-order valence-electron chi connectivity index (χ0n) is 26.6. The van der Waals surface area contributed by atoms with Crippen LogP contribution in [0.1, 0.15) is 22.3 Å². The van der Waals surface area contributed by atoms with Crippen LogP contribution >= 0.6 is 0 Å². The van der Waals surface area contributed by atoms with Gasteiger partial charge in [-0.25, -0.2) is 0 Å². The maximum atomic E-state index is 6.92. The standard InChI is InChI=1S/C47H29NO/c1-2-13-29(14-3-1)38-27-30-15-4-5-16-32(30)44-37-20-12-24-43(45(37)49-46(38)44)48-31-25-26-36-35-19-8-11-23-41(35)47(42(36)28-31)39-21-9-6-17-33(39)34-18-7-10-22-40(34)47/h1-28,48H. The lowest BCUT2D eigenvalue weighted by molar-refractivity contribution is 0.671. The van der Waals surface area contributed by atoms with Gasteiger partial charge in [-0.3, -0.25) is 0 Å². The maximum Gasteiger partial charge on any atom is 0.158 e. The van der Waals surface area contributed by atoms with E-state index in [9.17, 15) is 0 Å². The van der Waals surface area contributed by atoms with Crippen molar-refractivity contribution in [2.75, 3.05) is 5.32 Å². The van der Waals surface area contributed by atoms with Crippen LogP contribution in [0.15, 0.2) is 174 Å². The summed E-state index contributed by atoms with van der Waals surface area (Å²) in [5.74, 6) is 0. The van der Waals surface area contributed by atoms with E-state index < -0.39 is 0 Å². The fourth-order valence-corrected chi connectivity index (χ4v) is 8.91. The molecule has 2 heteroatoms. The highest BCUT2D eigenvalue weighted by molar-refractivity contribution is 6.24. The van der Waals surface area contributed by atoms with Crippen LogP contribution in [-0.4, -0.2) is 0 Å². The van der Waals surface area contributed by atoms with Crippen molar-refractivity contribution in [1.29, 1.82) is 0 Å². The van der Waals surface area contributed by atoms with Gasteiger partial charge in [0, 0.05) is 22.0 Å². The highest BCUT2D eigenvalue weighted by atomic mass is 16.3. The van der Waals surface area contributed by atoms with Crippen LogP contribution < -0.4 is 5.32 Å². The molecule has 0 saturated heterocycles. The normalized spacial score (nSPS) is 13.5. The molecule has 2 aliphatic carbocycles. The Balaban J connectivity index is 1.13. The number of rotatable bonds is 3. The molecule has 8 aromatic carbocycles. The average Bonchev–Trinajstić information content (AvgIpc) is 3.80. The molecule has 0 saturated carbocycles. The zero-order chi connectivity index (χ0) is 32.1. The van der Waals surface area contributed by atoms with Gasteiger partial charge in [0.15, 0.2) is 5.58 Å². The molecule has 11 rings (SSSR count). The number of furan rings is 1. The Labute approximate surface area is 283 Å². The Morgan fingerprint density at radius 2 is 1.00 bits per heavy atom. The van der Waals surface area contributed by atoms with Crippen LogP contribution in [-0.2, 0) is 5.41 Å². The van der Waals surface area contributed by atoms with Gasteiger partial charge in [-0.2, -0.15) is 0 Å². The number of fused-ring (bicyclic) bond motifs is 15. The third-order valence-corrected chi connectivity index (χ3v) is 10.9. The molecule has 1 spiro atoms. The van der Waals surface area contributed by atoms with Crippen molar-refractivity contribution in [3.05, 3.63) is 192 Å². The molecule has 49 heavy (non-hydrogen) atoms. The summed E-state index contributed by atoms with van der Waals surface area (Å²) >= 11 is 0. The van der Waals surface area contributed by atoms with Crippen LogP contribution in [0.4, 0.5) is 11.4 Å². The Morgan fingerprint density at radius 1 is 0.408 bits per heavy atom. The zero-order valence-corrected chi connectivity index (χ0v) is 26.6. The predicted molar refractivity (Wildman–Crippen MR) is 203 cm³/mol. The second-order valence-electron chi connectivity index (χ2n) is 13.3. The average molecular weight is 624 g/mol. The first-order valence-corrected chi connectivity index (χ1v) is 16.9. The first-order chi connectivity index (χ1) is 24.3. The van der Waals surface area contributed by atoms with E-state index in [1.165, 1.54) is 55.3 Å². The van der Waals surface area contributed by atoms with Crippen molar-refractivity contribution in [2.45, 2.75) is 5.41 Å². The summed E-state index contributed by atoms with van der Waals surface area (Å²) in [6, 6.07) is 61.6. The SMILES string of the molecule is c1ccc(-c2cc3ccccc3c3c2oc2c(Nc4ccc5c(c4)C4(c6ccccc6-c6ccccc64)c4ccccc4-5)cccc23)cc1. The monoisotopic (exact) mass is 623 g/mol. The molecule has 1 N–H and O–H groups in total. The molecule has 0 fully saturated rings. The van der Waals surface area contributed by atoms with Gasteiger partial charge in [0.1, 0.15) is 5.58 Å². The Morgan fingerprint density at radius 3 is 1.71 bits per heavy atom. The van der Waals surface area contributed by atoms with E-state index in [0.29, 0.717) is 0 Å². The number of para-hydroxylation sites is 1. The first kappa shape index (κ1) is 26.7. The number of anilines is 2. The molecule has 9 aromatic rings. The highest BCUT2D eigenvalue weighted by Gasteiger charge is 2.51. The van der Waals surface area contributed by atoms with Crippen molar-refractivity contribution < 1.29 is 4.42 Å². The Hall–Kier alpha value is -6.38. The summed E-state index contributed by atoms with van der Waals surface area (Å²) in [4.78, 5) is 0. The maximum absolute atomic E-state index is 6.92. The second-order valence-corrected chi connectivity index (χ2v) is 13.3. The third-order valence-electron chi connectivity index (χ3n) is 10.9. The summed E-state index contributed by atoms with van der Waals surface area (Å²) in [6.07, 6.45) is 0. The number of hydrogen-bond donors (Lipinski definition) is 1. The van der Waals surface area contributed by atoms with Gasteiger partial charge < -0.3 is 9.73 Å². The van der Waals surface area contributed by atoms with Crippen LogP contribution in [0.2, 0.25) is 0 Å². The number of benzene rings is 8. The molecular weight excluding hydrogens is 595 g/mol. The summed E-state index contributed by atoms with van der Waals surface area (Å²) < 4.78 is 6.92. The van der Waals surface area contributed by atoms with Crippen molar-refractivity contribution in [3.8, 4) is 33.4 Å². The van der Waals surface area contributed by atoms with Crippen LogP contribution in [0, 0.1) is 0 Å². The molecule has 2 aliphatic rings. The minimum absolute atomic E-state index is 0.383. The first-order valence-electron chi connectivity index (χ1n) is 16.9. The lowest BCUT2D eigenvalue weighted by Crippen LogP contribution is -2.25. The molecule has 228 valence electrons. The molecule has 1 aromatic heterocycles. The van der Waals surface area contributed by atoms with Crippen LogP contribution in [0.3, 0.4) is 0 Å². The van der Waals surface area contributed by atoms with Crippen molar-refractivity contribution in [3.63, 3.8) is 0 Å². The Bertz CT molecular complexity index is 2740. The summed E-state index contributed by atoms with van der Waals surface area (Å²) in [5, 5.41) is 8.49. The molecule has 0 unspecified atom stereocenters. The largest absolute Gasteiger partial charge is 0.453 e. The lowest BCUT2D eigenvalue weighted by Gasteiger charge is -2.30. The van der Waals surface area contributed by atoms with Crippen molar-refractivity contribution in [1.82, 2.24) is 0 Å². The smallest absolute Gasteiger partial charge is 0.158 e. The molecule has 0 radical (unpaired) electrons.